The summed E-state index contributed by atoms with van der Waals surface area (Å²) in [6, 6.07) is 0. The molecule has 4 nitrogen and oxygen atoms in total. The van der Waals surface area contributed by atoms with E-state index in [0.29, 0.717) is 13.2 Å². The molecule has 0 saturated carbocycles. The largest absolute Gasteiger partial charge is 0.395 e. The number of β-amino-alcohol motifs (C(OH)–C–C–N with tert-alkyl or cyclic N) is 2. The highest BCUT2D eigenvalue weighted by molar-refractivity contribution is 4.82. The van der Waals surface area contributed by atoms with Crippen LogP contribution in [0.3, 0.4) is 0 Å². The maximum Gasteiger partial charge on any atom is 0.0558 e. The van der Waals surface area contributed by atoms with Crippen LogP contribution < -0.4 is 0 Å². The molecule has 0 bridgehead atoms. The van der Waals surface area contributed by atoms with Gasteiger partial charge in [-0.3, -0.25) is 0 Å². The number of piperidine rings is 2. The second-order valence-electron chi connectivity index (χ2n) is 5.81. The van der Waals surface area contributed by atoms with E-state index in [1.807, 2.05) is 0 Å². The molecule has 0 spiro atoms. The molecule has 2 aliphatic rings. The lowest BCUT2D eigenvalue weighted by Crippen LogP contribution is -2.42. The van der Waals surface area contributed by atoms with Crippen LogP contribution in [0.15, 0.2) is 0 Å². The monoisotopic (exact) mass is 256 g/mol. The highest BCUT2D eigenvalue weighted by atomic mass is 16.3. The molecule has 2 N–H and O–H groups in total. The molecule has 2 saturated heterocycles. The van der Waals surface area contributed by atoms with E-state index in [0.717, 1.165) is 24.9 Å². The lowest BCUT2D eigenvalue weighted by atomic mass is 9.79. The fourth-order valence-electron chi connectivity index (χ4n) is 3.58. The molecule has 0 aromatic carbocycles. The fraction of sp³-hybridized carbons (Fsp3) is 1.00. The third kappa shape index (κ3) is 3.92. The Labute approximate surface area is 111 Å². The van der Waals surface area contributed by atoms with Gasteiger partial charge in [0.2, 0.25) is 0 Å². The molecule has 0 unspecified atom stereocenters. The first kappa shape index (κ1) is 14.3. The SMILES string of the molecule is OCCN1CCC(C2CCN(CCO)CC2)CC1. The van der Waals surface area contributed by atoms with Crippen molar-refractivity contribution in [1.82, 2.24) is 9.80 Å². The molecule has 2 fully saturated rings. The van der Waals surface area contributed by atoms with Crippen LogP contribution in [-0.2, 0) is 0 Å². The van der Waals surface area contributed by atoms with E-state index in [-0.39, 0.29) is 0 Å². The van der Waals surface area contributed by atoms with Gasteiger partial charge in [0.15, 0.2) is 0 Å². The highest BCUT2D eigenvalue weighted by Gasteiger charge is 2.29. The lowest BCUT2D eigenvalue weighted by Gasteiger charge is -2.40. The van der Waals surface area contributed by atoms with Crippen LogP contribution in [0.2, 0.25) is 0 Å². The normalized spacial score (nSPS) is 25.7. The molecule has 106 valence electrons. The van der Waals surface area contributed by atoms with Gasteiger partial charge < -0.3 is 20.0 Å². The van der Waals surface area contributed by atoms with Gasteiger partial charge in [0.1, 0.15) is 0 Å². The third-order valence-electron chi connectivity index (χ3n) is 4.76. The Bertz CT molecular complexity index is 198. The van der Waals surface area contributed by atoms with Crippen LogP contribution in [-0.4, -0.2) is 72.5 Å². The van der Waals surface area contributed by atoms with Gasteiger partial charge in [0.25, 0.3) is 0 Å². The molecule has 0 aromatic rings. The first-order valence-corrected chi connectivity index (χ1v) is 7.50. The van der Waals surface area contributed by atoms with Crippen molar-refractivity contribution in [3.05, 3.63) is 0 Å². The van der Waals surface area contributed by atoms with Crippen LogP contribution in [0, 0.1) is 11.8 Å². The summed E-state index contributed by atoms with van der Waals surface area (Å²) in [4.78, 5) is 4.77. The topological polar surface area (TPSA) is 46.9 Å². The van der Waals surface area contributed by atoms with Gasteiger partial charge in [0.05, 0.1) is 13.2 Å². The quantitative estimate of drug-likeness (QED) is 0.747. The zero-order valence-corrected chi connectivity index (χ0v) is 11.4. The number of hydrogen-bond acceptors (Lipinski definition) is 4. The van der Waals surface area contributed by atoms with Crippen molar-refractivity contribution in [2.75, 3.05) is 52.5 Å². The molecule has 2 rings (SSSR count). The second-order valence-corrected chi connectivity index (χ2v) is 5.81. The Morgan fingerprint density at radius 3 is 1.28 bits per heavy atom. The minimum Gasteiger partial charge on any atom is -0.395 e. The van der Waals surface area contributed by atoms with Crippen LogP contribution in [0.25, 0.3) is 0 Å². The smallest absolute Gasteiger partial charge is 0.0558 e. The van der Waals surface area contributed by atoms with Crippen molar-refractivity contribution >= 4 is 0 Å². The number of aliphatic hydroxyl groups excluding tert-OH is 2. The summed E-state index contributed by atoms with van der Waals surface area (Å²) in [7, 11) is 0. The van der Waals surface area contributed by atoms with Gasteiger partial charge in [-0.15, -0.1) is 0 Å². The van der Waals surface area contributed by atoms with E-state index < -0.39 is 0 Å². The zero-order chi connectivity index (χ0) is 12.8. The second kappa shape index (κ2) is 7.43. The first-order valence-electron chi connectivity index (χ1n) is 7.50. The lowest BCUT2D eigenvalue weighted by molar-refractivity contribution is 0.0811. The zero-order valence-electron chi connectivity index (χ0n) is 11.4. The fourth-order valence-corrected chi connectivity index (χ4v) is 3.58. The van der Waals surface area contributed by atoms with Gasteiger partial charge in [-0.2, -0.15) is 0 Å². The molecule has 4 heteroatoms. The van der Waals surface area contributed by atoms with Crippen molar-refractivity contribution in [3.8, 4) is 0 Å². The van der Waals surface area contributed by atoms with Crippen LogP contribution in [0.5, 0.6) is 0 Å². The Hall–Kier alpha value is -0.160. The summed E-state index contributed by atoms with van der Waals surface area (Å²) in [5.74, 6) is 1.80. The molecule has 0 amide bonds. The molecule has 2 aliphatic heterocycles. The number of rotatable bonds is 5. The molecule has 0 aromatic heterocycles. The number of nitrogens with zero attached hydrogens (tertiary/aromatic N) is 2. The van der Waals surface area contributed by atoms with Crippen molar-refractivity contribution in [2.24, 2.45) is 11.8 Å². The maximum absolute atomic E-state index is 8.95. The van der Waals surface area contributed by atoms with Crippen molar-refractivity contribution < 1.29 is 10.2 Å². The Morgan fingerprint density at radius 2 is 1.00 bits per heavy atom. The predicted octanol–water partition coefficient (Wildman–Crippen LogP) is 0.395. The molecule has 0 radical (unpaired) electrons. The van der Waals surface area contributed by atoms with E-state index in [9.17, 15) is 0 Å². The molecule has 2 heterocycles. The van der Waals surface area contributed by atoms with Crippen LogP contribution in [0.1, 0.15) is 25.7 Å². The average molecular weight is 256 g/mol. The third-order valence-corrected chi connectivity index (χ3v) is 4.76. The summed E-state index contributed by atoms with van der Waals surface area (Å²) < 4.78 is 0. The molecule has 0 atom stereocenters. The Kier molecular flexibility index (Phi) is 5.89. The van der Waals surface area contributed by atoms with Gasteiger partial charge >= 0.3 is 0 Å². The van der Waals surface area contributed by atoms with Crippen molar-refractivity contribution in [2.45, 2.75) is 25.7 Å². The van der Waals surface area contributed by atoms with Gasteiger partial charge in [-0.25, -0.2) is 0 Å². The van der Waals surface area contributed by atoms with E-state index >= 15 is 0 Å². The first-order chi connectivity index (χ1) is 8.83. The van der Waals surface area contributed by atoms with Gasteiger partial charge in [0, 0.05) is 13.1 Å². The Balaban J connectivity index is 1.68. The minimum atomic E-state index is 0.296. The maximum atomic E-state index is 8.95. The van der Waals surface area contributed by atoms with Crippen LogP contribution >= 0.6 is 0 Å². The van der Waals surface area contributed by atoms with E-state index in [4.69, 9.17) is 10.2 Å². The van der Waals surface area contributed by atoms with E-state index in [2.05, 4.69) is 9.80 Å². The summed E-state index contributed by atoms with van der Waals surface area (Å²) in [6.45, 7) is 6.96. The number of hydrogen-bond donors (Lipinski definition) is 2. The molecule has 18 heavy (non-hydrogen) atoms. The minimum absolute atomic E-state index is 0.296. The van der Waals surface area contributed by atoms with Gasteiger partial charge in [-0.1, -0.05) is 0 Å². The van der Waals surface area contributed by atoms with E-state index in [1.54, 1.807) is 0 Å². The van der Waals surface area contributed by atoms with E-state index in [1.165, 1.54) is 51.9 Å². The van der Waals surface area contributed by atoms with Crippen LogP contribution in [0.4, 0.5) is 0 Å². The summed E-state index contributed by atoms with van der Waals surface area (Å²) in [5, 5.41) is 17.9. The highest BCUT2D eigenvalue weighted by Crippen LogP contribution is 2.32. The number of aliphatic hydroxyl groups is 2. The standard InChI is InChI=1S/C14H28N2O2/c17-11-9-15-5-1-13(2-6-15)14-3-7-16(8-4-14)10-12-18/h13-14,17-18H,1-12H2. The summed E-state index contributed by atoms with van der Waals surface area (Å²) in [6.07, 6.45) is 5.24. The molecular formula is C14H28N2O2. The Morgan fingerprint density at radius 1 is 0.667 bits per heavy atom. The van der Waals surface area contributed by atoms with Crippen molar-refractivity contribution in [3.63, 3.8) is 0 Å². The number of likely N-dealkylation sites (tertiary alicyclic amines) is 2. The molecule has 0 aliphatic carbocycles. The average Bonchev–Trinajstić information content (AvgIpc) is 2.41. The van der Waals surface area contributed by atoms with Gasteiger partial charge in [-0.05, 0) is 63.7 Å². The predicted molar refractivity (Wildman–Crippen MR) is 72.5 cm³/mol. The summed E-state index contributed by atoms with van der Waals surface area (Å²) >= 11 is 0. The van der Waals surface area contributed by atoms with Crippen molar-refractivity contribution in [1.29, 1.82) is 0 Å². The molecular weight excluding hydrogens is 228 g/mol. The summed E-state index contributed by atoms with van der Waals surface area (Å²) in [5.41, 5.74) is 0.